The fraction of sp³-hybridized carbons (Fsp3) is 0.583. The van der Waals surface area contributed by atoms with E-state index >= 15 is 0 Å². The Kier molecular flexibility index (Phi) is 5.11. The molecule has 4 nitrogen and oxygen atoms in total. The molecule has 0 aliphatic heterocycles. The molecule has 2 rings (SSSR count). The summed E-state index contributed by atoms with van der Waals surface area (Å²) in [4.78, 5) is 3.88. The van der Waals surface area contributed by atoms with Gasteiger partial charge < -0.3 is 0 Å². The molecule has 19 heavy (non-hydrogen) atoms. The quantitative estimate of drug-likeness (QED) is 0.847. The number of rotatable bonds is 5. The summed E-state index contributed by atoms with van der Waals surface area (Å²) in [7, 11) is -3.58. The molecule has 2 unspecified atom stereocenters. The molecule has 1 saturated carbocycles. The van der Waals surface area contributed by atoms with Crippen LogP contribution in [-0.4, -0.2) is 30.4 Å². The molecule has 0 bridgehead atoms. The molecule has 1 aliphatic carbocycles. The standard InChI is InChI=1S/C12H17ClN2O2S2/c1-2-18-10-6-3-5-9(10)15-19(16,17)11-7-4-8-14-12(11)13/h4,7-10,15H,2-3,5-6H2,1H3. The highest BCUT2D eigenvalue weighted by molar-refractivity contribution is 8.00. The minimum atomic E-state index is -3.58. The first-order chi connectivity index (χ1) is 9.04. The van der Waals surface area contributed by atoms with Crippen LogP contribution >= 0.6 is 23.4 Å². The summed E-state index contributed by atoms with van der Waals surface area (Å²) in [5, 5.41) is 0.378. The highest BCUT2D eigenvalue weighted by Gasteiger charge is 2.32. The summed E-state index contributed by atoms with van der Waals surface area (Å²) in [6, 6.07) is 3.05. The molecule has 2 atom stereocenters. The van der Waals surface area contributed by atoms with Crippen molar-refractivity contribution in [1.29, 1.82) is 0 Å². The Morgan fingerprint density at radius 1 is 1.53 bits per heavy atom. The summed E-state index contributed by atoms with van der Waals surface area (Å²) in [5.74, 6) is 0.997. The highest BCUT2D eigenvalue weighted by Crippen LogP contribution is 2.31. The molecule has 106 valence electrons. The third-order valence-corrected chi connectivity index (χ3v) is 6.41. The molecular formula is C12H17ClN2O2S2. The van der Waals surface area contributed by atoms with Crippen molar-refractivity contribution in [3.8, 4) is 0 Å². The summed E-state index contributed by atoms with van der Waals surface area (Å²) >= 11 is 7.67. The molecule has 1 fully saturated rings. The maximum atomic E-state index is 12.3. The van der Waals surface area contributed by atoms with Crippen molar-refractivity contribution in [3.05, 3.63) is 23.5 Å². The Morgan fingerprint density at radius 3 is 3.00 bits per heavy atom. The van der Waals surface area contributed by atoms with E-state index in [1.54, 1.807) is 6.07 Å². The number of thioether (sulfide) groups is 1. The van der Waals surface area contributed by atoms with Crippen molar-refractivity contribution < 1.29 is 8.42 Å². The van der Waals surface area contributed by atoms with Crippen molar-refractivity contribution in [2.45, 2.75) is 42.4 Å². The number of halogens is 1. The lowest BCUT2D eigenvalue weighted by Crippen LogP contribution is -2.38. The second-order valence-electron chi connectivity index (χ2n) is 4.44. The molecule has 1 N–H and O–H groups in total. The Hall–Kier alpha value is -0.300. The van der Waals surface area contributed by atoms with Gasteiger partial charge in [-0.15, -0.1) is 0 Å². The Morgan fingerprint density at radius 2 is 2.32 bits per heavy atom. The molecular weight excluding hydrogens is 304 g/mol. The van der Waals surface area contributed by atoms with E-state index in [1.165, 1.54) is 12.3 Å². The van der Waals surface area contributed by atoms with Crippen LogP contribution in [0.15, 0.2) is 23.2 Å². The van der Waals surface area contributed by atoms with Crippen molar-refractivity contribution in [2.24, 2.45) is 0 Å². The molecule has 1 aromatic rings. The zero-order chi connectivity index (χ0) is 13.9. The second kappa shape index (κ2) is 6.43. The molecule has 1 aliphatic rings. The van der Waals surface area contributed by atoms with E-state index in [2.05, 4.69) is 16.6 Å². The van der Waals surface area contributed by atoms with Crippen LogP contribution in [0.3, 0.4) is 0 Å². The van der Waals surface area contributed by atoms with Gasteiger partial charge in [-0.1, -0.05) is 24.9 Å². The smallest absolute Gasteiger partial charge is 0.243 e. The van der Waals surface area contributed by atoms with Gasteiger partial charge in [-0.2, -0.15) is 11.8 Å². The van der Waals surface area contributed by atoms with Crippen molar-refractivity contribution in [3.63, 3.8) is 0 Å². The normalized spacial score (nSPS) is 23.7. The molecule has 7 heteroatoms. The summed E-state index contributed by atoms with van der Waals surface area (Å²) in [6.45, 7) is 2.09. The van der Waals surface area contributed by atoms with Gasteiger partial charge in [0.1, 0.15) is 10.0 Å². The lowest BCUT2D eigenvalue weighted by molar-refractivity contribution is 0.555. The average molecular weight is 321 g/mol. The van der Waals surface area contributed by atoms with Gasteiger partial charge >= 0.3 is 0 Å². The van der Waals surface area contributed by atoms with E-state index in [0.29, 0.717) is 5.25 Å². The summed E-state index contributed by atoms with van der Waals surface area (Å²) < 4.78 is 27.4. The van der Waals surface area contributed by atoms with Crippen LogP contribution in [0.25, 0.3) is 0 Å². The Labute approximate surface area is 123 Å². The van der Waals surface area contributed by atoms with Gasteiger partial charge in [-0.25, -0.2) is 18.1 Å². The van der Waals surface area contributed by atoms with Crippen LogP contribution < -0.4 is 4.72 Å². The maximum Gasteiger partial charge on any atom is 0.243 e. The number of hydrogen-bond donors (Lipinski definition) is 1. The minimum Gasteiger partial charge on any atom is -0.243 e. The Bertz CT molecular complexity index is 536. The molecule has 0 radical (unpaired) electrons. The largest absolute Gasteiger partial charge is 0.243 e. The van der Waals surface area contributed by atoms with Crippen molar-refractivity contribution >= 4 is 33.4 Å². The monoisotopic (exact) mass is 320 g/mol. The van der Waals surface area contributed by atoms with Gasteiger partial charge in [-0.05, 0) is 30.7 Å². The number of sulfonamides is 1. The topological polar surface area (TPSA) is 59.1 Å². The number of nitrogens with one attached hydrogen (secondary N) is 1. The summed E-state index contributed by atoms with van der Waals surface area (Å²) in [5.41, 5.74) is 0. The minimum absolute atomic E-state index is 0.00813. The average Bonchev–Trinajstić information content (AvgIpc) is 2.77. The van der Waals surface area contributed by atoms with E-state index < -0.39 is 10.0 Å². The number of aromatic nitrogens is 1. The molecule has 0 amide bonds. The third-order valence-electron chi connectivity index (χ3n) is 3.15. The number of nitrogens with zero attached hydrogens (tertiary/aromatic N) is 1. The van der Waals surface area contributed by atoms with E-state index in [0.717, 1.165) is 25.0 Å². The van der Waals surface area contributed by atoms with Crippen molar-refractivity contribution in [2.75, 3.05) is 5.75 Å². The predicted octanol–water partition coefficient (Wildman–Crippen LogP) is 2.69. The van der Waals surface area contributed by atoms with Gasteiger partial charge in [0.25, 0.3) is 0 Å². The lowest BCUT2D eigenvalue weighted by atomic mass is 10.3. The van der Waals surface area contributed by atoms with Crippen LogP contribution in [0.1, 0.15) is 26.2 Å². The highest BCUT2D eigenvalue weighted by atomic mass is 35.5. The summed E-state index contributed by atoms with van der Waals surface area (Å²) in [6.07, 6.45) is 4.49. The first kappa shape index (κ1) is 15.1. The molecule has 0 spiro atoms. The van der Waals surface area contributed by atoms with Crippen LogP contribution in [0.4, 0.5) is 0 Å². The van der Waals surface area contributed by atoms with Crippen LogP contribution in [0.2, 0.25) is 5.15 Å². The fourth-order valence-electron chi connectivity index (χ4n) is 2.31. The Balaban J connectivity index is 2.16. The van der Waals surface area contributed by atoms with Crippen molar-refractivity contribution in [1.82, 2.24) is 9.71 Å². The maximum absolute atomic E-state index is 12.3. The molecule has 1 aromatic heterocycles. The van der Waals surface area contributed by atoms with Crippen LogP contribution in [0.5, 0.6) is 0 Å². The molecule has 0 aromatic carbocycles. The number of pyridine rings is 1. The second-order valence-corrected chi connectivity index (χ2v) is 8.00. The van der Waals surface area contributed by atoms with Gasteiger partial charge in [0.05, 0.1) is 0 Å². The van der Waals surface area contributed by atoms with Gasteiger partial charge in [0.2, 0.25) is 10.0 Å². The van der Waals surface area contributed by atoms with Gasteiger partial charge in [0, 0.05) is 17.5 Å². The first-order valence-corrected chi connectivity index (χ1v) is 9.20. The molecule has 1 heterocycles. The predicted molar refractivity (Wildman–Crippen MR) is 79.1 cm³/mol. The van der Waals surface area contributed by atoms with E-state index in [1.807, 2.05) is 11.8 Å². The van der Waals surface area contributed by atoms with Crippen LogP contribution in [-0.2, 0) is 10.0 Å². The lowest BCUT2D eigenvalue weighted by Gasteiger charge is -2.20. The van der Waals surface area contributed by atoms with Gasteiger partial charge in [-0.3, -0.25) is 0 Å². The van der Waals surface area contributed by atoms with E-state index in [4.69, 9.17) is 11.6 Å². The third kappa shape index (κ3) is 3.62. The SMILES string of the molecule is CCSC1CCCC1NS(=O)(=O)c1cccnc1Cl. The van der Waals surface area contributed by atoms with Gasteiger partial charge in [0.15, 0.2) is 0 Å². The number of hydrogen-bond acceptors (Lipinski definition) is 4. The fourth-order valence-corrected chi connectivity index (χ4v) is 5.36. The van der Waals surface area contributed by atoms with E-state index in [-0.39, 0.29) is 16.1 Å². The zero-order valence-corrected chi connectivity index (χ0v) is 13.1. The first-order valence-electron chi connectivity index (χ1n) is 6.29. The molecule has 0 saturated heterocycles. The zero-order valence-electron chi connectivity index (χ0n) is 10.7. The van der Waals surface area contributed by atoms with Crippen LogP contribution in [0, 0.1) is 0 Å². The van der Waals surface area contributed by atoms with E-state index in [9.17, 15) is 8.42 Å².